The molecule has 0 aliphatic rings. The quantitative estimate of drug-likeness (QED) is 0.455. The maximum atomic E-state index is 5.90. The highest BCUT2D eigenvalue weighted by Crippen LogP contribution is 2.29. The van der Waals surface area contributed by atoms with Gasteiger partial charge in [-0.25, -0.2) is 4.98 Å². The van der Waals surface area contributed by atoms with Crippen LogP contribution in [0.1, 0.15) is 0 Å². The number of aromatic nitrogens is 2. The lowest BCUT2D eigenvalue weighted by molar-refractivity contribution is 0.455. The zero-order valence-corrected chi connectivity index (χ0v) is 12.2. The van der Waals surface area contributed by atoms with E-state index in [1.165, 1.54) is 17.8 Å². The van der Waals surface area contributed by atoms with E-state index < -0.39 is 0 Å². The van der Waals surface area contributed by atoms with Crippen molar-refractivity contribution in [2.75, 3.05) is 6.26 Å². The van der Waals surface area contributed by atoms with Crippen molar-refractivity contribution in [2.24, 2.45) is 0 Å². The third kappa shape index (κ3) is 3.42. The molecule has 0 saturated heterocycles. The summed E-state index contributed by atoms with van der Waals surface area (Å²) < 4.78 is 5.55. The topological polar surface area (TPSA) is 35.0 Å². The summed E-state index contributed by atoms with van der Waals surface area (Å²) in [4.78, 5) is 8.18. The Morgan fingerprint density at radius 1 is 1.06 bits per heavy atom. The molecule has 1 aromatic carbocycles. The van der Waals surface area contributed by atoms with Crippen molar-refractivity contribution in [2.45, 2.75) is 5.16 Å². The molecule has 0 aliphatic carbocycles. The molecular weight excluding hydrogens is 315 g/mol. The van der Waals surface area contributed by atoms with E-state index in [0.29, 0.717) is 32.0 Å². The second-order valence-corrected chi connectivity index (χ2v) is 5.17. The number of benzene rings is 1. The third-order valence-corrected chi connectivity index (χ3v) is 3.43. The van der Waals surface area contributed by atoms with Crippen LogP contribution < -0.4 is 4.74 Å². The molecule has 2 aromatic rings. The molecule has 1 heterocycles. The van der Waals surface area contributed by atoms with Crippen molar-refractivity contribution >= 4 is 46.6 Å². The van der Waals surface area contributed by atoms with E-state index in [1.54, 1.807) is 18.2 Å². The first-order chi connectivity index (χ1) is 8.58. The Morgan fingerprint density at radius 2 is 1.83 bits per heavy atom. The molecule has 0 N–H and O–H groups in total. The maximum Gasteiger partial charge on any atom is 0.224 e. The summed E-state index contributed by atoms with van der Waals surface area (Å²) in [6.45, 7) is 0. The predicted octanol–water partition coefficient (Wildman–Crippen LogP) is 4.95. The Hall–Kier alpha value is -0.680. The van der Waals surface area contributed by atoms with E-state index in [4.69, 9.17) is 39.5 Å². The van der Waals surface area contributed by atoms with Crippen molar-refractivity contribution in [1.29, 1.82) is 0 Å². The monoisotopic (exact) mass is 320 g/mol. The lowest BCUT2D eigenvalue weighted by atomic mass is 10.3. The van der Waals surface area contributed by atoms with Gasteiger partial charge in [-0.15, -0.1) is 0 Å². The summed E-state index contributed by atoms with van der Waals surface area (Å²) in [6.07, 6.45) is 1.86. The lowest BCUT2D eigenvalue weighted by Gasteiger charge is -2.06. The summed E-state index contributed by atoms with van der Waals surface area (Å²) in [5, 5.41) is 1.75. The molecular formula is C11H7Cl3N2OS. The van der Waals surface area contributed by atoms with Crippen molar-refractivity contribution in [3.05, 3.63) is 39.5 Å². The molecule has 0 radical (unpaired) electrons. The molecule has 0 atom stereocenters. The summed E-state index contributed by atoms with van der Waals surface area (Å²) in [5.74, 6) is 0.893. The van der Waals surface area contributed by atoms with Crippen LogP contribution in [0.5, 0.6) is 11.6 Å². The molecule has 94 valence electrons. The van der Waals surface area contributed by atoms with Gasteiger partial charge in [0.05, 0.1) is 10.0 Å². The first-order valence-electron chi connectivity index (χ1n) is 4.80. The van der Waals surface area contributed by atoms with E-state index in [2.05, 4.69) is 9.97 Å². The van der Waals surface area contributed by atoms with Crippen LogP contribution in [0.2, 0.25) is 15.2 Å². The fourth-order valence-corrected chi connectivity index (χ4v) is 2.06. The zero-order valence-electron chi connectivity index (χ0n) is 9.15. The minimum Gasteiger partial charge on any atom is -0.439 e. The van der Waals surface area contributed by atoms with Gasteiger partial charge in [-0.1, -0.05) is 46.6 Å². The van der Waals surface area contributed by atoms with Crippen molar-refractivity contribution in [1.82, 2.24) is 9.97 Å². The second-order valence-electron chi connectivity index (χ2n) is 3.19. The average Bonchev–Trinajstić information content (AvgIpc) is 2.33. The molecule has 0 saturated carbocycles. The molecule has 0 aliphatic heterocycles. The van der Waals surface area contributed by atoms with Gasteiger partial charge < -0.3 is 4.74 Å². The molecule has 0 bridgehead atoms. The van der Waals surface area contributed by atoms with Gasteiger partial charge in [0, 0.05) is 12.1 Å². The Kier molecular flexibility index (Phi) is 4.56. The highest BCUT2D eigenvalue weighted by Gasteiger charge is 2.06. The minimum absolute atomic E-state index is 0.324. The van der Waals surface area contributed by atoms with E-state index in [1.807, 2.05) is 6.26 Å². The number of hydrogen-bond donors (Lipinski definition) is 0. The van der Waals surface area contributed by atoms with Crippen molar-refractivity contribution < 1.29 is 4.74 Å². The zero-order chi connectivity index (χ0) is 13.1. The highest BCUT2D eigenvalue weighted by molar-refractivity contribution is 7.98. The summed E-state index contributed by atoms with van der Waals surface area (Å²) in [5.41, 5.74) is 0. The van der Waals surface area contributed by atoms with Crippen LogP contribution in [0, 0.1) is 0 Å². The third-order valence-electron chi connectivity index (χ3n) is 1.95. The molecule has 18 heavy (non-hydrogen) atoms. The second kappa shape index (κ2) is 5.97. The molecule has 0 spiro atoms. The normalized spacial score (nSPS) is 10.4. The number of ether oxygens (including phenoxy) is 1. The number of thioether (sulfide) groups is 1. The van der Waals surface area contributed by atoms with E-state index in [0.717, 1.165) is 0 Å². The van der Waals surface area contributed by atoms with Crippen LogP contribution in [0.15, 0.2) is 29.4 Å². The van der Waals surface area contributed by atoms with Crippen LogP contribution in [0.3, 0.4) is 0 Å². The van der Waals surface area contributed by atoms with Crippen molar-refractivity contribution in [3.8, 4) is 11.6 Å². The first-order valence-corrected chi connectivity index (χ1v) is 7.16. The van der Waals surface area contributed by atoms with Gasteiger partial charge in [0.15, 0.2) is 5.16 Å². The van der Waals surface area contributed by atoms with E-state index in [-0.39, 0.29) is 0 Å². The van der Waals surface area contributed by atoms with Gasteiger partial charge in [0.25, 0.3) is 0 Å². The maximum absolute atomic E-state index is 5.90. The summed E-state index contributed by atoms with van der Waals surface area (Å²) in [6, 6.07) is 6.49. The molecule has 0 unspecified atom stereocenters. The fraction of sp³-hybridized carbons (Fsp3) is 0.0909. The number of rotatable bonds is 3. The molecule has 1 aromatic heterocycles. The van der Waals surface area contributed by atoms with Crippen LogP contribution in [-0.4, -0.2) is 16.2 Å². The Labute approximate surface area is 123 Å². The van der Waals surface area contributed by atoms with E-state index >= 15 is 0 Å². The van der Waals surface area contributed by atoms with Crippen LogP contribution in [0.4, 0.5) is 0 Å². The molecule has 2 rings (SSSR count). The molecule has 7 heteroatoms. The lowest BCUT2D eigenvalue weighted by Crippen LogP contribution is -1.92. The van der Waals surface area contributed by atoms with Gasteiger partial charge in [-0.3, -0.25) is 0 Å². The van der Waals surface area contributed by atoms with Gasteiger partial charge in [-0.2, -0.15) is 4.98 Å². The number of nitrogens with zero attached hydrogens (tertiary/aromatic N) is 2. The van der Waals surface area contributed by atoms with Crippen molar-refractivity contribution in [3.63, 3.8) is 0 Å². The standard InChI is InChI=1S/C11H7Cl3N2OS/c1-18-11-15-9(14)5-10(16-11)17-6-2-3-7(12)8(13)4-6/h2-5H,1H3. The van der Waals surface area contributed by atoms with E-state index in [9.17, 15) is 0 Å². The number of hydrogen-bond acceptors (Lipinski definition) is 4. The first kappa shape index (κ1) is 13.7. The highest BCUT2D eigenvalue weighted by atomic mass is 35.5. The Balaban J connectivity index is 2.27. The van der Waals surface area contributed by atoms with Gasteiger partial charge >= 0.3 is 0 Å². The smallest absolute Gasteiger partial charge is 0.224 e. The summed E-state index contributed by atoms with van der Waals surface area (Å²) >= 11 is 19.0. The average molecular weight is 322 g/mol. The van der Waals surface area contributed by atoms with Gasteiger partial charge in [0.2, 0.25) is 5.88 Å². The van der Waals surface area contributed by atoms with Crippen LogP contribution in [0.25, 0.3) is 0 Å². The largest absolute Gasteiger partial charge is 0.439 e. The Bertz CT molecular complexity index is 580. The summed E-state index contributed by atoms with van der Waals surface area (Å²) in [7, 11) is 0. The number of halogens is 3. The van der Waals surface area contributed by atoms with Gasteiger partial charge in [0.1, 0.15) is 10.9 Å². The van der Waals surface area contributed by atoms with Crippen LogP contribution >= 0.6 is 46.6 Å². The Morgan fingerprint density at radius 3 is 2.50 bits per heavy atom. The van der Waals surface area contributed by atoms with Gasteiger partial charge in [-0.05, 0) is 18.4 Å². The fourth-order valence-electron chi connectivity index (χ4n) is 1.18. The molecule has 3 nitrogen and oxygen atoms in total. The molecule has 0 amide bonds. The SMILES string of the molecule is CSc1nc(Cl)cc(Oc2ccc(Cl)c(Cl)c2)n1. The molecule has 0 fully saturated rings. The van der Waals surface area contributed by atoms with Crippen LogP contribution in [-0.2, 0) is 0 Å². The minimum atomic E-state index is 0.324. The predicted molar refractivity (Wildman–Crippen MR) is 75.4 cm³/mol.